The average molecular weight is 332 g/mol. The zero-order valence-electron chi connectivity index (χ0n) is 14.8. The first-order valence-corrected chi connectivity index (χ1v) is 10.3. The highest BCUT2D eigenvalue weighted by atomic mass is 16.5. The molecule has 1 N–H and O–H groups in total. The van der Waals surface area contributed by atoms with Gasteiger partial charge in [0.05, 0.1) is 12.0 Å². The van der Waals surface area contributed by atoms with Crippen LogP contribution in [-0.2, 0) is 0 Å². The minimum atomic E-state index is -0.297. The smallest absolute Gasteiger partial charge is 0.232 e. The van der Waals surface area contributed by atoms with Gasteiger partial charge in [0, 0.05) is 5.92 Å². The molecule has 0 aromatic carbocycles. The fourth-order valence-corrected chi connectivity index (χ4v) is 5.42. The van der Waals surface area contributed by atoms with Gasteiger partial charge in [0.1, 0.15) is 0 Å². The van der Waals surface area contributed by atoms with Gasteiger partial charge in [-0.05, 0) is 50.4 Å². The fourth-order valence-electron chi connectivity index (χ4n) is 5.42. The summed E-state index contributed by atoms with van der Waals surface area (Å²) in [5.74, 6) is 4.06. The van der Waals surface area contributed by atoms with E-state index in [0.717, 1.165) is 43.3 Å². The fraction of sp³-hybridized carbons (Fsp3) is 0.900. The van der Waals surface area contributed by atoms with Crippen molar-refractivity contribution in [3.63, 3.8) is 0 Å². The molecule has 4 nitrogen and oxygen atoms in total. The van der Waals surface area contributed by atoms with E-state index in [1.54, 1.807) is 0 Å². The standard InChI is InChI=1S/C20H32N2O2/c23-18-9-5-4-8-17(18)20-21-19(22-24-20)16-12-10-15(11-13-16)14-6-2-1-3-7-14/h14-18,23H,1-13H2. The third kappa shape index (κ3) is 3.54. The van der Waals surface area contributed by atoms with Crippen LogP contribution < -0.4 is 0 Å². The van der Waals surface area contributed by atoms with Gasteiger partial charge in [0.25, 0.3) is 0 Å². The first-order chi connectivity index (χ1) is 11.8. The quantitative estimate of drug-likeness (QED) is 0.851. The zero-order chi connectivity index (χ0) is 16.4. The summed E-state index contributed by atoms with van der Waals surface area (Å²) in [5, 5.41) is 14.5. The van der Waals surface area contributed by atoms with Crippen LogP contribution in [0.15, 0.2) is 4.52 Å². The van der Waals surface area contributed by atoms with Gasteiger partial charge < -0.3 is 9.63 Å². The van der Waals surface area contributed by atoms with Crippen LogP contribution in [-0.4, -0.2) is 21.4 Å². The summed E-state index contributed by atoms with van der Waals surface area (Å²) in [6.07, 6.45) is 16.2. The highest BCUT2D eigenvalue weighted by molar-refractivity contribution is 5.03. The molecule has 1 heterocycles. The van der Waals surface area contributed by atoms with Crippen LogP contribution >= 0.6 is 0 Å². The van der Waals surface area contributed by atoms with Crippen LogP contribution in [0.3, 0.4) is 0 Å². The lowest BCUT2D eigenvalue weighted by molar-refractivity contribution is 0.0908. The van der Waals surface area contributed by atoms with Crippen molar-refractivity contribution < 1.29 is 9.63 Å². The Bertz CT molecular complexity index is 515. The number of aliphatic hydroxyl groups excluding tert-OH is 1. The third-order valence-corrected chi connectivity index (χ3v) is 6.96. The molecule has 0 spiro atoms. The molecule has 3 aliphatic rings. The second kappa shape index (κ2) is 7.55. The Morgan fingerprint density at radius 2 is 1.42 bits per heavy atom. The highest BCUT2D eigenvalue weighted by Gasteiger charge is 2.33. The van der Waals surface area contributed by atoms with Gasteiger partial charge in [-0.2, -0.15) is 4.98 Å². The Balaban J connectivity index is 1.34. The van der Waals surface area contributed by atoms with E-state index < -0.39 is 0 Å². The summed E-state index contributed by atoms with van der Waals surface area (Å²) < 4.78 is 5.55. The second-order valence-electron chi connectivity index (χ2n) is 8.46. The van der Waals surface area contributed by atoms with Crippen LogP contribution in [0.4, 0.5) is 0 Å². The molecule has 1 aromatic heterocycles. The molecule has 2 atom stereocenters. The van der Waals surface area contributed by atoms with Gasteiger partial charge in [0.2, 0.25) is 5.89 Å². The van der Waals surface area contributed by atoms with Crippen molar-refractivity contribution in [2.75, 3.05) is 0 Å². The van der Waals surface area contributed by atoms with Gasteiger partial charge in [0.15, 0.2) is 5.82 Å². The monoisotopic (exact) mass is 332 g/mol. The minimum absolute atomic E-state index is 0.0681. The lowest BCUT2D eigenvalue weighted by atomic mass is 9.71. The molecule has 0 saturated heterocycles. The number of rotatable bonds is 3. The van der Waals surface area contributed by atoms with Crippen LogP contribution in [0, 0.1) is 11.8 Å². The van der Waals surface area contributed by atoms with Crippen LogP contribution in [0.25, 0.3) is 0 Å². The Kier molecular flexibility index (Phi) is 5.21. The van der Waals surface area contributed by atoms with Gasteiger partial charge in [-0.25, -0.2) is 0 Å². The lowest BCUT2D eigenvalue weighted by Gasteiger charge is -2.35. The molecule has 134 valence electrons. The van der Waals surface area contributed by atoms with Crippen molar-refractivity contribution >= 4 is 0 Å². The molecule has 0 aliphatic heterocycles. The van der Waals surface area contributed by atoms with E-state index in [2.05, 4.69) is 5.16 Å². The third-order valence-electron chi connectivity index (χ3n) is 6.96. The van der Waals surface area contributed by atoms with E-state index in [-0.39, 0.29) is 12.0 Å². The Morgan fingerprint density at radius 3 is 2.17 bits per heavy atom. The molecule has 2 unspecified atom stereocenters. The topological polar surface area (TPSA) is 59.2 Å². The van der Waals surface area contributed by atoms with Crippen LogP contribution in [0.5, 0.6) is 0 Å². The lowest BCUT2D eigenvalue weighted by Crippen LogP contribution is -2.24. The van der Waals surface area contributed by atoms with E-state index in [1.165, 1.54) is 57.8 Å². The van der Waals surface area contributed by atoms with Gasteiger partial charge in [-0.1, -0.05) is 50.1 Å². The van der Waals surface area contributed by atoms with E-state index in [4.69, 9.17) is 9.51 Å². The summed E-state index contributed by atoms with van der Waals surface area (Å²) in [6.45, 7) is 0. The van der Waals surface area contributed by atoms with Crippen molar-refractivity contribution in [3.8, 4) is 0 Å². The molecule has 3 aliphatic carbocycles. The molecule has 0 bridgehead atoms. The summed E-state index contributed by atoms with van der Waals surface area (Å²) in [6, 6.07) is 0. The number of aliphatic hydroxyl groups is 1. The first kappa shape index (κ1) is 16.6. The Hall–Kier alpha value is -0.900. The van der Waals surface area contributed by atoms with E-state index in [9.17, 15) is 5.11 Å². The van der Waals surface area contributed by atoms with Crippen molar-refractivity contribution in [1.82, 2.24) is 10.1 Å². The van der Waals surface area contributed by atoms with E-state index in [0.29, 0.717) is 11.8 Å². The molecule has 24 heavy (non-hydrogen) atoms. The molecule has 0 amide bonds. The summed E-state index contributed by atoms with van der Waals surface area (Å²) >= 11 is 0. The van der Waals surface area contributed by atoms with Gasteiger partial charge >= 0.3 is 0 Å². The number of nitrogens with zero attached hydrogens (tertiary/aromatic N) is 2. The van der Waals surface area contributed by atoms with Crippen LogP contribution in [0.2, 0.25) is 0 Å². The first-order valence-electron chi connectivity index (χ1n) is 10.3. The maximum Gasteiger partial charge on any atom is 0.232 e. The molecule has 0 radical (unpaired) electrons. The predicted octanol–water partition coefficient (Wildman–Crippen LogP) is 4.94. The van der Waals surface area contributed by atoms with Crippen molar-refractivity contribution in [2.24, 2.45) is 11.8 Å². The average Bonchev–Trinajstić information content (AvgIpc) is 3.13. The Labute approximate surface area is 145 Å². The normalized spacial score (nSPS) is 35.9. The maximum absolute atomic E-state index is 10.2. The summed E-state index contributed by atoms with van der Waals surface area (Å²) in [5.41, 5.74) is 0. The van der Waals surface area contributed by atoms with Crippen molar-refractivity contribution in [1.29, 1.82) is 0 Å². The van der Waals surface area contributed by atoms with Crippen molar-refractivity contribution in [3.05, 3.63) is 11.7 Å². The SMILES string of the molecule is OC1CCCCC1c1nc(C2CCC(C3CCCCC3)CC2)no1. The molecule has 3 fully saturated rings. The van der Waals surface area contributed by atoms with Crippen LogP contribution in [0.1, 0.15) is 107 Å². The second-order valence-corrected chi connectivity index (χ2v) is 8.46. The largest absolute Gasteiger partial charge is 0.392 e. The molecular formula is C20H32N2O2. The zero-order valence-corrected chi connectivity index (χ0v) is 14.8. The number of hydrogen-bond donors (Lipinski definition) is 1. The molecular weight excluding hydrogens is 300 g/mol. The van der Waals surface area contributed by atoms with E-state index >= 15 is 0 Å². The van der Waals surface area contributed by atoms with Gasteiger partial charge in [-0.3, -0.25) is 0 Å². The Morgan fingerprint density at radius 1 is 0.750 bits per heavy atom. The molecule has 4 rings (SSSR count). The number of aromatic nitrogens is 2. The number of hydrogen-bond acceptors (Lipinski definition) is 4. The van der Waals surface area contributed by atoms with E-state index in [1.807, 2.05) is 0 Å². The predicted molar refractivity (Wildman–Crippen MR) is 92.8 cm³/mol. The maximum atomic E-state index is 10.2. The molecule has 3 saturated carbocycles. The highest BCUT2D eigenvalue weighted by Crippen LogP contribution is 2.42. The summed E-state index contributed by atoms with van der Waals surface area (Å²) in [7, 11) is 0. The summed E-state index contributed by atoms with van der Waals surface area (Å²) in [4.78, 5) is 4.71. The minimum Gasteiger partial charge on any atom is -0.392 e. The molecule has 4 heteroatoms. The van der Waals surface area contributed by atoms with Gasteiger partial charge in [-0.15, -0.1) is 0 Å². The molecule has 1 aromatic rings. The van der Waals surface area contributed by atoms with Crippen molar-refractivity contribution in [2.45, 2.75) is 101 Å².